The van der Waals surface area contributed by atoms with Crippen molar-refractivity contribution in [3.05, 3.63) is 64.9 Å². The number of hydrogen-bond donors (Lipinski definition) is 1. The van der Waals surface area contributed by atoms with Gasteiger partial charge in [-0.3, -0.25) is 4.79 Å². The Kier molecular flexibility index (Phi) is 4.06. The van der Waals surface area contributed by atoms with Gasteiger partial charge in [0.1, 0.15) is 11.4 Å². The molecule has 1 amide bonds. The zero-order chi connectivity index (χ0) is 16.4. The number of nitrogens with zero attached hydrogens (tertiary/aromatic N) is 3. The quantitative estimate of drug-likeness (QED) is 0.805. The molecule has 2 heterocycles. The standard InChI is InChI=1S/C17H17FN4O/c1-11-9-12(2)22-16(21-11)14(10-20-22)17(23)19-8-7-13-5-3-4-6-15(13)18/h3-6,9-10H,7-8H2,1-2H3,(H,19,23). The first-order valence-corrected chi connectivity index (χ1v) is 7.40. The number of hydrogen-bond acceptors (Lipinski definition) is 3. The number of carbonyl (C=O) groups excluding carboxylic acids is 1. The molecule has 0 aliphatic rings. The van der Waals surface area contributed by atoms with Crippen LogP contribution in [-0.4, -0.2) is 27.0 Å². The third-order valence-electron chi connectivity index (χ3n) is 3.66. The second kappa shape index (κ2) is 6.16. The molecule has 5 nitrogen and oxygen atoms in total. The topological polar surface area (TPSA) is 59.3 Å². The van der Waals surface area contributed by atoms with Crippen molar-refractivity contribution >= 4 is 11.6 Å². The van der Waals surface area contributed by atoms with Gasteiger partial charge in [-0.2, -0.15) is 5.10 Å². The average molecular weight is 312 g/mol. The van der Waals surface area contributed by atoms with Gasteiger partial charge in [0.2, 0.25) is 0 Å². The molecule has 0 saturated heterocycles. The number of aryl methyl sites for hydroxylation is 2. The van der Waals surface area contributed by atoms with Crippen LogP contribution in [0, 0.1) is 19.7 Å². The monoisotopic (exact) mass is 312 g/mol. The summed E-state index contributed by atoms with van der Waals surface area (Å²) in [5.74, 6) is -0.514. The molecular formula is C17H17FN4O. The Labute approximate surface area is 133 Å². The summed E-state index contributed by atoms with van der Waals surface area (Å²) in [6, 6.07) is 8.45. The minimum absolute atomic E-state index is 0.256. The summed E-state index contributed by atoms with van der Waals surface area (Å²) in [6.45, 7) is 4.14. The van der Waals surface area contributed by atoms with Crippen molar-refractivity contribution in [3.8, 4) is 0 Å². The van der Waals surface area contributed by atoms with E-state index in [-0.39, 0.29) is 11.7 Å². The number of amides is 1. The zero-order valence-corrected chi connectivity index (χ0v) is 13.0. The Balaban J connectivity index is 1.73. The molecule has 0 fully saturated rings. The van der Waals surface area contributed by atoms with Gasteiger partial charge in [-0.15, -0.1) is 0 Å². The number of benzene rings is 1. The lowest BCUT2D eigenvalue weighted by atomic mass is 10.1. The van der Waals surface area contributed by atoms with Crippen molar-refractivity contribution in [1.82, 2.24) is 19.9 Å². The normalized spacial score (nSPS) is 10.9. The van der Waals surface area contributed by atoms with Gasteiger partial charge in [-0.25, -0.2) is 13.9 Å². The molecule has 6 heteroatoms. The van der Waals surface area contributed by atoms with Crippen LogP contribution < -0.4 is 5.32 Å². The van der Waals surface area contributed by atoms with E-state index in [0.717, 1.165) is 11.4 Å². The summed E-state index contributed by atoms with van der Waals surface area (Å²) in [5, 5.41) is 6.99. The van der Waals surface area contributed by atoms with Crippen LogP contribution in [0.15, 0.2) is 36.5 Å². The molecule has 0 unspecified atom stereocenters. The Hall–Kier alpha value is -2.76. The maximum absolute atomic E-state index is 13.5. The number of fused-ring (bicyclic) bond motifs is 1. The van der Waals surface area contributed by atoms with Crippen LogP contribution in [0.4, 0.5) is 4.39 Å². The summed E-state index contributed by atoms with van der Waals surface area (Å²) >= 11 is 0. The van der Waals surface area contributed by atoms with Crippen molar-refractivity contribution < 1.29 is 9.18 Å². The molecule has 1 aromatic carbocycles. The summed E-state index contributed by atoms with van der Waals surface area (Å²) < 4.78 is 15.2. The SMILES string of the molecule is Cc1cc(C)n2ncc(C(=O)NCCc3ccccc3F)c2n1. The number of carbonyl (C=O) groups is 1. The highest BCUT2D eigenvalue weighted by molar-refractivity contribution is 5.99. The highest BCUT2D eigenvalue weighted by Gasteiger charge is 2.15. The predicted molar refractivity (Wildman–Crippen MR) is 84.9 cm³/mol. The zero-order valence-electron chi connectivity index (χ0n) is 13.0. The van der Waals surface area contributed by atoms with E-state index in [2.05, 4.69) is 15.4 Å². The van der Waals surface area contributed by atoms with Crippen molar-refractivity contribution in [2.75, 3.05) is 6.54 Å². The molecule has 118 valence electrons. The maximum Gasteiger partial charge on any atom is 0.256 e. The van der Waals surface area contributed by atoms with E-state index < -0.39 is 0 Å². The minimum atomic E-state index is -0.259. The lowest BCUT2D eigenvalue weighted by molar-refractivity contribution is 0.0955. The van der Waals surface area contributed by atoms with Gasteiger partial charge in [-0.1, -0.05) is 18.2 Å². The first kappa shape index (κ1) is 15.1. The van der Waals surface area contributed by atoms with Crippen molar-refractivity contribution in [3.63, 3.8) is 0 Å². The van der Waals surface area contributed by atoms with Crippen LogP contribution in [0.3, 0.4) is 0 Å². The molecule has 2 aromatic heterocycles. The third-order valence-corrected chi connectivity index (χ3v) is 3.66. The van der Waals surface area contributed by atoms with Crippen LogP contribution in [0.25, 0.3) is 5.65 Å². The van der Waals surface area contributed by atoms with Gasteiger partial charge < -0.3 is 5.32 Å². The van der Waals surface area contributed by atoms with E-state index in [9.17, 15) is 9.18 Å². The highest BCUT2D eigenvalue weighted by atomic mass is 19.1. The van der Waals surface area contributed by atoms with E-state index in [1.165, 1.54) is 12.3 Å². The molecule has 1 N–H and O–H groups in total. The molecule has 0 atom stereocenters. The largest absolute Gasteiger partial charge is 0.352 e. The Bertz CT molecular complexity index is 872. The first-order valence-electron chi connectivity index (χ1n) is 7.40. The Morgan fingerprint density at radius 1 is 1.30 bits per heavy atom. The Morgan fingerprint density at radius 2 is 2.09 bits per heavy atom. The fourth-order valence-corrected chi connectivity index (χ4v) is 2.54. The van der Waals surface area contributed by atoms with Gasteiger partial charge in [0, 0.05) is 17.9 Å². The molecule has 0 spiro atoms. The molecule has 0 bridgehead atoms. The van der Waals surface area contributed by atoms with Gasteiger partial charge in [-0.05, 0) is 38.0 Å². The molecule has 3 rings (SSSR count). The van der Waals surface area contributed by atoms with E-state index in [1.807, 2.05) is 19.9 Å². The minimum Gasteiger partial charge on any atom is -0.352 e. The van der Waals surface area contributed by atoms with E-state index in [1.54, 1.807) is 22.7 Å². The smallest absolute Gasteiger partial charge is 0.256 e. The van der Waals surface area contributed by atoms with Crippen molar-refractivity contribution in [2.24, 2.45) is 0 Å². The summed E-state index contributed by atoms with van der Waals surface area (Å²) in [6.07, 6.45) is 1.94. The third kappa shape index (κ3) is 3.06. The molecular weight excluding hydrogens is 295 g/mol. The van der Waals surface area contributed by atoms with Crippen LogP contribution >= 0.6 is 0 Å². The second-order valence-electron chi connectivity index (χ2n) is 5.43. The predicted octanol–water partition coefficient (Wildman–Crippen LogP) is 2.46. The molecule has 0 saturated carbocycles. The van der Waals surface area contributed by atoms with E-state index in [0.29, 0.717) is 29.7 Å². The lowest BCUT2D eigenvalue weighted by Crippen LogP contribution is -2.26. The maximum atomic E-state index is 13.5. The fourth-order valence-electron chi connectivity index (χ4n) is 2.54. The number of halogens is 1. The van der Waals surface area contributed by atoms with Gasteiger partial charge >= 0.3 is 0 Å². The number of aromatic nitrogens is 3. The van der Waals surface area contributed by atoms with Gasteiger partial charge in [0.25, 0.3) is 5.91 Å². The van der Waals surface area contributed by atoms with Crippen molar-refractivity contribution in [2.45, 2.75) is 20.3 Å². The van der Waals surface area contributed by atoms with Crippen LogP contribution in [0.2, 0.25) is 0 Å². The van der Waals surface area contributed by atoms with Crippen LogP contribution in [-0.2, 0) is 6.42 Å². The molecule has 23 heavy (non-hydrogen) atoms. The highest BCUT2D eigenvalue weighted by Crippen LogP contribution is 2.12. The van der Waals surface area contributed by atoms with Crippen LogP contribution in [0.5, 0.6) is 0 Å². The number of nitrogens with one attached hydrogen (secondary N) is 1. The summed E-state index contributed by atoms with van der Waals surface area (Å²) in [5.41, 5.74) is 3.28. The van der Waals surface area contributed by atoms with Crippen LogP contribution in [0.1, 0.15) is 27.3 Å². The Morgan fingerprint density at radius 3 is 2.87 bits per heavy atom. The number of rotatable bonds is 4. The molecule has 3 aromatic rings. The summed E-state index contributed by atoms with van der Waals surface area (Å²) in [7, 11) is 0. The van der Waals surface area contributed by atoms with E-state index in [4.69, 9.17) is 0 Å². The lowest BCUT2D eigenvalue weighted by Gasteiger charge is -2.06. The van der Waals surface area contributed by atoms with Crippen molar-refractivity contribution in [1.29, 1.82) is 0 Å². The fraction of sp³-hybridized carbons (Fsp3) is 0.235. The van der Waals surface area contributed by atoms with E-state index >= 15 is 0 Å². The molecule has 0 aliphatic carbocycles. The first-order chi connectivity index (χ1) is 11.1. The summed E-state index contributed by atoms with van der Waals surface area (Å²) in [4.78, 5) is 16.7. The molecule has 0 radical (unpaired) electrons. The average Bonchev–Trinajstić information content (AvgIpc) is 2.93. The second-order valence-corrected chi connectivity index (χ2v) is 5.43. The molecule has 0 aliphatic heterocycles. The van der Waals surface area contributed by atoms with Gasteiger partial charge in [0.15, 0.2) is 5.65 Å². The van der Waals surface area contributed by atoms with Gasteiger partial charge in [0.05, 0.1) is 6.20 Å².